The van der Waals surface area contributed by atoms with Gasteiger partial charge in [-0.3, -0.25) is 19.4 Å². The van der Waals surface area contributed by atoms with E-state index in [1.807, 2.05) is 12.4 Å². The van der Waals surface area contributed by atoms with Crippen molar-refractivity contribution < 1.29 is 19.2 Å². The number of ketones is 1. The van der Waals surface area contributed by atoms with Gasteiger partial charge >= 0.3 is 5.97 Å². The molecule has 1 fully saturated rings. The first-order chi connectivity index (χ1) is 23.7. The molecule has 1 saturated heterocycles. The van der Waals surface area contributed by atoms with E-state index in [2.05, 4.69) is 149 Å². The van der Waals surface area contributed by atoms with Crippen molar-refractivity contribution in [1.29, 1.82) is 0 Å². The van der Waals surface area contributed by atoms with Crippen LogP contribution in [0.3, 0.4) is 0 Å². The summed E-state index contributed by atoms with van der Waals surface area (Å²) in [6, 6.07) is 14.9. The van der Waals surface area contributed by atoms with Gasteiger partial charge in [0.1, 0.15) is 5.78 Å². The Bertz CT molecular complexity index is 1410. The van der Waals surface area contributed by atoms with Gasteiger partial charge in [-0.2, -0.15) is 5.06 Å². The van der Waals surface area contributed by atoms with Gasteiger partial charge in [0, 0.05) is 30.7 Å². The number of carbonyl (C=O) groups excluding carboxylic acids is 2. The number of hydroxylamine groups is 2. The van der Waals surface area contributed by atoms with Crippen LogP contribution in [-0.2, 0) is 19.2 Å². The number of ether oxygens (including phenoxy) is 1. The zero-order valence-corrected chi connectivity index (χ0v) is 34.8. The second-order valence-corrected chi connectivity index (χ2v) is 18.2. The number of esters is 1. The minimum atomic E-state index is -0.649. The maximum Gasteiger partial charge on any atom is 0.309 e. The van der Waals surface area contributed by atoms with Crippen LogP contribution in [0.5, 0.6) is 0 Å². The Hall–Kier alpha value is -2.57. The molecule has 1 aliphatic rings. The van der Waals surface area contributed by atoms with Crippen LogP contribution in [0, 0.1) is 28.6 Å². The summed E-state index contributed by atoms with van der Waals surface area (Å²) in [5.41, 5.74) is 0.503. The van der Waals surface area contributed by atoms with E-state index >= 15 is 0 Å². The highest BCUT2D eigenvalue weighted by Gasteiger charge is 2.56. The molecule has 6 nitrogen and oxygen atoms in total. The molecule has 0 radical (unpaired) electrons. The second-order valence-electron chi connectivity index (χ2n) is 18.2. The van der Waals surface area contributed by atoms with Crippen LogP contribution in [0.15, 0.2) is 54.9 Å². The molecule has 0 amide bonds. The molecule has 0 bridgehead atoms. The van der Waals surface area contributed by atoms with E-state index in [1.165, 1.54) is 5.56 Å². The average molecular weight is 705 g/mol. The van der Waals surface area contributed by atoms with Gasteiger partial charge in [0.15, 0.2) is 0 Å². The van der Waals surface area contributed by atoms with Gasteiger partial charge in [-0.25, -0.2) is 0 Å². The summed E-state index contributed by atoms with van der Waals surface area (Å²) in [6.07, 6.45) is 9.16. The Labute approximate surface area is 311 Å². The fourth-order valence-electron chi connectivity index (χ4n) is 8.41. The van der Waals surface area contributed by atoms with Gasteiger partial charge in [0.2, 0.25) is 0 Å². The van der Waals surface area contributed by atoms with E-state index in [4.69, 9.17) is 9.57 Å². The van der Waals surface area contributed by atoms with Crippen LogP contribution in [0.1, 0.15) is 165 Å². The van der Waals surface area contributed by atoms with Crippen LogP contribution < -0.4 is 0 Å². The summed E-state index contributed by atoms with van der Waals surface area (Å²) in [5, 5.41) is 2.22. The lowest BCUT2D eigenvalue weighted by atomic mass is 9.61. The number of piperidine rings is 1. The van der Waals surface area contributed by atoms with Crippen molar-refractivity contribution in [3.8, 4) is 0 Å². The summed E-state index contributed by atoms with van der Waals surface area (Å²) >= 11 is 0. The van der Waals surface area contributed by atoms with E-state index < -0.39 is 16.7 Å². The summed E-state index contributed by atoms with van der Waals surface area (Å²) in [6.45, 7) is 31.5. The van der Waals surface area contributed by atoms with Gasteiger partial charge in [-0.05, 0) is 106 Å². The topological polar surface area (TPSA) is 68.7 Å². The third-order valence-electron chi connectivity index (χ3n) is 13.5. The molecule has 0 aliphatic carbocycles. The standard InChI is InChI=1S/C45H72N2O4/c1-15-18-28-50-40(49)37(29-41(7,8)32(4)35-22-20-19-21-23-35)33(5)42(9,10)30-38(36-24-26-46-27-25-36)43(11,12)51-47-44(13,16-2)31-39(48)34(6)45(47,14)17-3/h19-27,32-34,37-38H,15-18,28-31H2,1-14H3. The molecule has 6 heteroatoms. The Morgan fingerprint density at radius 3 is 2.06 bits per heavy atom. The first-order valence-electron chi connectivity index (χ1n) is 19.8. The molecular weight excluding hydrogens is 633 g/mol. The van der Waals surface area contributed by atoms with Crippen LogP contribution in [0.4, 0.5) is 0 Å². The van der Waals surface area contributed by atoms with Gasteiger partial charge in [0.25, 0.3) is 0 Å². The molecule has 2 aromatic rings. The van der Waals surface area contributed by atoms with Gasteiger partial charge < -0.3 is 4.74 Å². The Morgan fingerprint density at radius 1 is 0.902 bits per heavy atom. The average Bonchev–Trinajstić information content (AvgIpc) is 3.10. The van der Waals surface area contributed by atoms with E-state index in [-0.39, 0.29) is 46.4 Å². The van der Waals surface area contributed by atoms with Crippen molar-refractivity contribution in [2.75, 3.05) is 6.61 Å². The molecular formula is C45H72N2O4. The van der Waals surface area contributed by atoms with Crippen molar-refractivity contribution in [3.63, 3.8) is 0 Å². The zero-order chi connectivity index (χ0) is 38.4. The lowest BCUT2D eigenvalue weighted by molar-refractivity contribution is -0.343. The van der Waals surface area contributed by atoms with E-state index in [1.54, 1.807) is 0 Å². The van der Waals surface area contributed by atoms with Crippen LogP contribution in [0.25, 0.3) is 0 Å². The summed E-state index contributed by atoms with van der Waals surface area (Å²) in [5.74, 6) is 0.0535. The highest BCUT2D eigenvalue weighted by atomic mass is 16.7. The molecule has 1 aliphatic heterocycles. The minimum absolute atomic E-state index is 0.0171. The third-order valence-corrected chi connectivity index (χ3v) is 13.5. The predicted octanol–water partition coefficient (Wildman–Crippen LogP) is 11.4. The van der Waals surface area contributed by atoms with Crippen molar-refractivity contribution in [2.45, 2.75) is 170 Å². The molecule has 7 unspecified atom stereocenters. The lowest BCUT2D eigenvalue weighted by Gasteiger charge is -2.58. The molecule has 7 atom stereocenters. The fourth-order valence-corrected chi connectivity index (χ4v) is 8.41. The summed E-state index contributed by atoms with van der Waals surface area (Å²) < 4.78 is 6.03. The second kappa shape index (κ2) is 17.1. The molecule has 0 N–H and O–H groups in total. The number of hydrogen-bond acceptors (Lipinski definition) is 6. The van der Waals surface area contributed by atoms with Crippen molar-refractivity contribution in [3.05, 3.63) is 66.0 Å². The van der Waals surface area contributed by atoms with Crippen LogP contribution >= 0.6 is 0 Å². The smallest absolute Gasteiger partial charge is 0.309 e. The highest BCUT2D eigenvalue weighted by molar-refractivity contribution is 5.84. The number of pyridine rings is 1. The quantitative estimate of drug-likeness (QED) is 0.114. The number of hydrogen-bond donors (Lipinski definition) is 0. The van der Waals surface area contributed by atoms with E-state index in [9.17, 15) is 9.59 Å². The van der Waals surface area contributed by atoms with Crippen LogP contribution in [0.2, 0.25) is 0 Å². The molecule has 1 aromatic heterocycles. The SMILES string of the molecule is CCCCOC(=O)C(CC(C)(C)C(C)c1ccccc1)C(C)C(C)(C)CC(c1ccncc1)C(C)(C)ON1C(C)(CC)CC(=O)C(C)C1(C)CC. The monoisotopic (exact) mass is 705 g/mol. The van der Waals surface area contributed by atoms with Gasteiger partial charge in [-0.15, -0.1) is 0 Å². The van der Waals surface area contributed by atoms with Crippen LogP contribution in [-0.4, -0.2) is 45.1 Å². The largest absolute Gasteiger partial charge is 0.465 e. The van der Waals surface area contributed by atoms with Gasteiger partial charge in [0.05, 0.1) is 29.2 Å². The Kier molecular flexibility index (Phi) is 14.3. The normalized spacial score (nSPS) is 24.5. The number of unbranched alkanes of at least 4 members (excludes halogenated alkanes) is 1. The lowest BCUT2D eigenvalue weighted by Crippen LogP contribution is -2.68. The first-order valence-corrected chi connectivity index (χ1v) is 19.8. The Morgan fingerprint density at radius 2 is 1.51 bits per heavy atom. The molecule has 286 valence electrons. The number of carbonyl (C=O) groups is 2. The summed E-state index contributed by atoms with van der Waals surface area (Å²) in [7, 11) is 0. The minimum Gasteiger partial charge on any atom is -0.465 e. The van der Waals surface area contributed by atoms with E-state index in [0.29, 0.717) is 18.8 Å². The number of aromatic nitrogens is 1. The van der Waals surface area contributed by atoms with Crippen molar-refractivity contribution in [2.24, 2.45) is 28.6 Å². The number of benzene rings is 1. The van der Waals surface area contributed by atoms with Crippen molar-refractivity contribution in [1.82, 2.24) is 10.0 Å². The highest BCUT2D eigenvalue weighted by Crippen LogP contribution is 2.52. The summed E-state index contributed by atoms with van der Waals surface area (Å²) in [4.78, 5) is 39.2. The maximum absolute atomic E-state index is 14.1. The number of Topliss-reactive ketones (excluding diaryl/α,β-unsaturated/α-hetero) is 1. The molecule has 2 heterocycles. The predicted molar refractivity (Wildman–Crippen MR) is 210 cm³/mol. The zero-order valence-electron chi connectivity index (χ0n) is 34.8. The number of nitrogens with zero attached hydrogens (tertiary/aromatic N) is 2. The number of rotatable bonds is 18. The van der Waals surface area contributed by atoms with Gasteiger partial charge in [-0.1, -0.05) is 106 Å². The Balaban J connectivity index is 2.04. The molecule has 1 aromatic carbocycles. The maximum atomic E-state index is 14.1. The van der Waals surface area contributed by atoms with E-state index in [0.717, 1.165) is 44.1 Å². The molecule has 0 saturated carbocycles. The molecule has 0 spiro atoms. The first kappa shape index (κ1) is 42.8. The molecule has 3 rings (SSSR count). The van der Waals surface area contributed by atoms with Crippen molar-refractivity contribution >= 4 is 11.8 Å². The molecule has 51 heavy (non-hydrogen) atoms. The fraction of sp³-hybridized carbons (Fsp3) is 0.711. The third kappa shape index (κ3) is 9.71.